The molecule has 2 aromatic carbocycles. The third-order valence-corrected chi connectivity index (χ3v) is 3.73. The Morgan fingerprint density at radius 2 is 1.60 bits per heavy atom. The van der Waals surface area contributed by atoms with E-state index in [9.17, 15) is 15.0 Å². The molecule has 101 valence electrons. The van der Waals surface area contributed by atoms with E-state index < -0.39 is 16.9 Å². The summed E-state index contributed by atoms with van der Waals surface area (Å²) >= 11 is 0. The smallest absolute Gasteiger partial charge is 0.193 e. The fraction of sp³-hybridized carbons (Fsp3) is 0.235. The molecule has 20 heavy (non-hydrogen) atoms. The van der Waals surface area contributed by atoms with Gasteiger partial charge in [-0.3, -0.25) is 9.90 Å². The third-order valence-electron chi connectivity index (χ3n) is 3.73. The van der Waals surface area contributed by atoms with E-state index in [2.05, 4.69) is 0 Å². The summed E-state index contributed by atoms with van der Waals surface area (Å²) in [6, 6.07) is 8.81. The van der Waals surface area contributed by atoms with Gasteiger partial charge in [0.05, 0.1) is 0 Å². The van der Waals surface area contributed by atoms with Crippen LogP contribution < -0.4 is 5.11 Å². The number of carbonyl (C=O) groups is 1. The minimum absolute atomic E-state index is 0.0317. The molecule has 0 fully saturated rings. The van der Waals surface area contributed by atoms with E-state index in [0.29, 0.717) is 16.7 Å². The summed E-state index contributed by atoms with van der Waals surface area (Å²) in [6.07, 6.45) is 0. The van der Waals surface area contributed by atoms with Crippen LogP contribution in [0.2, 0.25) is 0 Å². The Balaban J connectivity index is 2.39. The lowest BCUT2D eigenvalue weighted by molar-refractivity contribution is -0.271. The van der Waals surface area contributed by atoms with Crippen molar-refractivity contribution >= 4 is 5.78 Å². The van der Waals surface area contributed by atoms with Gasteiger partial charge in [-0.15, -0.1) is 0 Å². The second-order valence-corrected chi connectivity index (χ2v) is 6.13. The van der Waals surface area contributed by atoms with Gasteiger partial charge in [-0.25, -0.2) is 0 Å². The van der Waals surface area contributed by atoms with Gasteiger partial charge in [0.2, 0.25) is 0 Å². The molecule has 0 aliphatic heterocycles. The van der Waals surface area contributed by atoms with Crippen LogP contribution in [0.1, 0.15) is 42.3 Å². The quantitative estimate of drug-likeness (QED) is 0.626. The van der Waals surface area contributed by atoms with Crippen molar-refractivity contribution in [3.63, 3.8) is 0 Å². The van der Waals surface area contributed by atoms with Crippen molar-refractivity contribution < 1.29 is 15.0 Å². The summed E-state index contributed by atoms with van der Waals surface area (Å²) < 4.78 is 0. The number of hydrogen-bond donors (Lipinski definition) is 0. The highest BCUT2D eigenvalue weighted by Gasteiger charge is 2.31. The van der Waals surface area contributed by atoms with Crippen molar-refractivity contribution in [3.05, 3.63) is 47.0 Å². The molecule has 0 saturated carbocycles. The Bertz CT molecular complexity index is 737. The van der Waals surface area contributed by atoms with Gasteiger partial charge in [0.25, 0.3) is 0 Å². The summed E-state index contributed by atoms with van der Waals surface area (Å²) in [5.74, 6) is -1.57. The van der Waals surface area contributed by atoms with Crippen LogP contribution in [0.15, 0.2) is 30.3 Å². The van der Waals surface area contributed by atoms with Crippen molar-refractivity contribution in [2.24, 2.45) is 0 Å². The Hall–Kier alpha value is -2.29. The Morgan fingerprint density at radius 1 is 1.00 bits per heavy atom. The predicted molar refractivity (Wildman–Crippen MR) is 73.6 cm³/mol. The van der Waals surface area contributed by atoms with Crippen molar-refractivity contribution in [1.29, 1.82) is 0 Å². The first-order chi connectivity index (χ1) is 9.32. The van der Waals surface area contributed by atoms with Gasteiger partial charge in [0, 0.05) is 16.7 Å². The molecule has 3 rings (SSSR count). The lowest BCUT2D eigenvalue weighted by atomic mass is 9.83. The molecule has 0 bridgehead atoms. The molecular formula is C17H14O3-. The highest BCUT2D eigenvalue weighted by atomic mass is 16.3. The monoisotopic (exact) mass is 266 g/mol. The zero-order valence-electron chi connectivity index (χ0n) is 11.6. The summed E-state index contributed by atoms with van der Waals surface area (Å²) in [5.41, 5.74) is 1.92. The number of benzene rings is 2. The molecule has 1 aliphatic rings. The van der Waals surface area contributed by atoms with Crippen molar-refractivity contribution in [2.45, 2.75) is 26.2 Å². The van der Waals surface area contributed by atoms with Gasteiger partial charge in [0.1, 0.15) is 0 Å². The maximum absolute atomic E-state index is 12.3. The highest BCUT2D eigenvalue weighted by molar-refractivity contribution is 6.23. The van der Waals surface area contributed by atoms with Crippen LogP contribution in [0, 0.1) is 0 Å². The topological polar surface area (TPSA) is 60.0 Å². The number of rotatable bonds is 0. The van der Waals surface area contributed by atoms with E-state index in [4.69, 9.17) is 0 Å². The molecule has 0 saturated heterocycles. The minimum Gasteiger partial charge on any atom is -0.869 e. The van der Waals surface area contributed by atoms with E-state index in [0.717, 1.165) is 5.56 Å². The van der Waals surface area contributed by atoms with Crippen molar-refractivity contribution in [2.75, 3.05) is 0 Å². The fourth-order valence-corrected chi connectivity index (χ4v) is 2.69. The fourth-order valence-electron chi connectivity index (χ4n) is 2.69. The summed E-state index contributed by atoms with van der Waals surface area (Å²) in [4.78, 5) is 12.3. The van der Waals surface area contributed by atoms with E-state index in [1.54, 1.807) is 18.2 Å². The standard InChI is InChI=1S/C17H15O3/c1-17(2,3)12-8-11-9-6-4-5-7-10(9)14(18)13(11)16(20)15(12)19/h4-8,20H,1-3H3/p-1. The first kappa shape index (κ1) is 12.7. The van der Waals surface area contributed by atoms with Crippen LogP contribution in [0.3, 0.4) is 0 Å². The van der Waals surface area contributed by atoms with Crippen LogP contribution in [0.4, 0.5) is 0 Å². The molecule has 1 radical (unpaired) electrons. The third kappa shape index (κ3) is 1.56. The van der Waals surface area contributed by atoms with Gasteiger partial charge in [-0.05, 0) is 28.4 Å². The zero-order valence-corrected chi connectivity index (χ0v) is 11.6. The molecule has 2 aromatic rings. The maximum atomic E-state index is 12.3. The summed E-state index contributed by atoms with van der Waals surface area (Å²) in [7, 11) is 0. The Labute approximate surface area is 117 Å². The first-order valence-electron chi connectivity index (χ1n) is 6.52. The van der Waals surface area contributed by atoms with E-state index >= 15 is 0 Å². The van der Waals surface area contributed by atoms with Gasteiger partial charge < -0.3 is 5.11 Å². The van der Waals surface area contributed by atoms with E-state index in [1.807, 2.05) is 32.9 Å². The molecule has 3 nitrogen and oxygen atoms in total. The summed E-state index contributed by atoms with van der Waals surface area (Å²) in [5, 5.41) is 24.5. The predicted octanol–water partition coefficient (Wildman–Crippen LogP) is 3.41. The number of fused-ring (bicyclic) bond motifs is 3. The Morgan fingerprint density at radius 3 is 2.20 bits per heavy atom. The summed E-state index contributed by atoms with van der Waals surface area (Å²) in [6.45, 7) is 5.66. The molecule has 0 amide bonds. The lowest BCUT2D eigenvalue weighted by Crippen LogP contribution is -2.13. The van der Waals surface area contributed by atoms with Crippen molar-refractivity contribution in [1.82, 2.24) is 0 Å². The molecular weight excluding hydrogens is 252 g/mol. The van der Waals surface area contributed by atoms with Crippen LogP contribution in [0.25, 0.3) is 11.1 Å². The average molecular weight is 266 g/mol. The lowest BCUT2D eigenvalue weighted by Gasteiger charge is -2.24. The minimum atomic E-state index is -0.673. The molecule has 0 aromatic heterocycles. The Kier molecular flexibility index (Phi) is 2.45. The maximum Gasteiger partial charge on any atom is 0.193 e. The van der Waals surface area contributed by atoms with Gasteiger partial charge >= 0.3 is 0 Å². The molecule has 0 heterocycles. The molecule has 3 heteroatoms. The van der Waals surface area contributed by atoms with Gasteiger partial charge in [-0.2, -0.15) is 0 Å². The molecule has 0 atom stereocenters. The second kappa shape index (κ2) is 3.85. The van der Waals surface area contributed by atoms with Crippen LogP contribution >= 0.6 is 0 Å². The second-order valence-electron chi connectivity index (χ2n) is 6.13. The first-order valence-corrected chi connectivity index (χ1v) is 6.52. The number of carbonyl (C=O) groups excluding carboxylic acids is 1. The van der Waals surface area contributed by atoms with Crippen LogP contribution in [-0.2, 0) is 10.5 Å². The van der Waals surface area contributed by atoms with Crippen LogP contribution in [-0.4, -0.2) is 5.78 Å². The highest BCUT2D eigenvalue weighted by Crippen LogP contribution is 2.47. The van der Waals surface area contributed by atoms with E-state index in [1.165, 1.54) is 0 Å². The normalized spacial score (nSPS) is 13.2. The van der Waals surface area contributed by atoms with E-state index in [-0.39, 0.29) is 11.3 Å². The molecule has 0 spiro atoms. The van der Waals surface area contributed by atoms with Gasteiger partial charge in [0.15, 0.2) is 11.5 Å². The van der Waals surface area contributed by atoms with Gasteiger partial charge in [-0.1, -0.05) is 45.0 Å². The van der Waals surface area contributed by atoms with Crippen molar-refractivity contribution in [3.8, 4) is 22.6 Å². The molecule has 0 N–H and O–H groups in total. The molecule has 1 aliphatic carbocycles. The van der Waals surface area contributed by atoms with Crippen LogP contribution in [0.5, 0.6) is 11.5 Å². The largest absolute Gasteiger partial charge is 0.869 e. The average Bonchev–Trinajstić information content (AvgIpc) is 2.67. The zero-order chi connectivity index (χ0) is 14.7. The number of ketones is 1. The SMILES string of the molecule is CC(C)(C)c1cc2c(c([O-])c1[O])C(=O)c1ccccc1-2. The molecule has 0 unspecified atom stereocenters. The number of hydrogen-bond acceptors (Lipinski definition) is 2.